The topological polar surface area (TPSA) is 263 Å². The molecule has 10 rings (SSSR count). The van der Waals surface area contributed by atoms with E-state index < -0.39 is 105 Å². The summed E-state index contributed by atoms with van der Waals surface area (Å²) in [7, 11) is 1.53. The molecule has 9 aliphatic rings. The highest BCUT2D eigenvalue weighted by Crippen LogP contribution is 2.70. The Morgan fingerprint density at radius 2 is 1.47 bits per heavy atom. The summed E-state index contributed by atoms with van der Waals surface area (Å²) in [5.74, 6) is 2.81. The molecule has 5 saturated heterocycles. The van der Waals surface area contributed by atoms with Crippen molar-refractivity contribution in [3.05, 3.63) is 41.5 Å². The lowest BCUT2D eigenvalue weighted by Gasteiger charge is -2.58. The maximum atomic E-state index is 12.7. The first kappa shape index (κ1) is 54.9. The number of fused-ring (bicyclic) bond motifs is 7. The minimum absolute atomic E-state index is 0.0255. The standard InChI is InChI=1S/C55H83NO18/c1-26-14-19-55(67-25-26)27(2)39-37(74-55)23-36-34-13-10-31-22-33(15-17-53(31,5)35(34)16-18-54(36,39)6)70-52-48(73-50-43(61)41(59)40(58)28(3)68-50)45(63)47(38(24-57)71-52)72-51-44(62)42(60)46(29(4)69-51)66-21-20-56-49(64)30-8-11-32(65-7)12-9-30/h8-12,26-29,33-48,50-52,57-63H,13-25H2,1-7H3,(H,56,64)/t26-,27-,28+,29+,33-,34+,35-,36?,37-,38+,39-,40+,41-,42+,43-,44-,45-,46+,47+,48+,50+,51+,52+,53-,54-,55+/m0/s1. The van der Waals surface area contributed by atoms with Gasteiger partial charge in [-0.15, -0.1) is 0 Å². The number of aliphatic hydroxyl groups is 7. The molecule has 4 aliphatic carbocycles. The van der Waals surface area contributed by atoms with Gasteiger partial charge in [0.25, 0.3) is 5.91 Å². The second-order valence-corrected chi connectivity index (χ2v) is 23.9. The van der Waals surface area contributed by atoms with E-state index in [2.05, 4.69) is 39.1 Å². The Kier molecular flexibility index (Phi) is 16.1. The Bertz CT molecular complexity index is 2130. The van der Waals surface area contributed by atoms with Gasteiger partial charge in [0, 0.05) is 24.4 Å². The van der Waals surface area contributed by atoms with Gasteiger partial charge in [0.1, 0.15) is 66.8 Å². The van der Waals surface area contributed by atoms with Crippen LogP contribution in [0.3, 0.4) is 0 Å². The average molecular weight is 1050 g/mol. The zero-order valence-corrected chi connectivity index (χ0v) is 44.0. The van der Waals surface area contributed by atoms with Gasteiger partial charge in [-0.1, -0.05) is 39.3 Å². The van der Waals surface area contributed by atoms with Crippen LogP contribution in [0.1, 0.15) is 110 Å². The van der Waals surface area contributed by atoms with Crippen LogP contribution in [0, 0.1) is 46.3 Å². The number of benzene rings is 1. The van der Waals surface area contributed by atoms with Gasteiger partial charge in [-0.3, -0.25) is 4.79 Å². The number of aliphatic hydroxyl groups excluding tert-OH is 7. The molecule has 0 bridgehead atoms. The predicted octanol–water partition coefficient (Wildman–Crippen LogP) is 2.70. The summed E-state index contributed by atoms with van der Waals surface area (Å²) in [5, 5.41) is 80.8. The number of carbonyl (C=O) groups excluding carboxylic acids is 1. The molecule has 8 fully saturated rings. The minimum atomic E-state index is -1.73. The van der Waals surface area contributed by atoms with Crippen molar-refractivity contribution in [1.29, 1.82) is 0 Å². The van der Waals surface area contributed by atoms with Crippen molar-refractivity contribution < 1.29 is 87.9 Å². The zero-order chi connectivity index (χ0) is 52.6. The fourth-order valence-electron chi connectivity index (χ4n) is 15.4. The van der Waals surface area contributed by atoms with Crippen LogP contribution in [0.2, 0.25) is 0 Å². The van der Waals surface area contributed by atoms with Crippen molar-refractivity contribution >= 4 is 5.91 Å². The summed E-state index contributed by atoms with van der Waals surface area (Å²) >= 11 is 0. The van der Waals surface area contributed by atoms with Gasteiger partial charge in [-0.2, -0.15) is 0 Å². The third kappa shape index (κ3) is 9.82. The molecule has 1 amide bonds. The molecule has 19 nitrogen and oxygen atoms in total. The molecule has 416 valence electrons. The van der Waals surface area contributed by atoms with Gasteiger partial charge in [0.2, 0.25) is 0 Å². The van der Waals surface area contributed by atoms with E-state index in [0.717, 1.165) is 51.6 Å². The number of carbonyl (C=O) groups is 1. The Morgan fingerprint density at radius 3 is 2.18 bits per heavy atom. The number of ether oxygens (including phenoxy) is 10. The first-order chi connectivity index (χ1) is 35.3. The average Bonchev–Trinajstić information content (AvgIpc) is 3.88. The van der Waals surface area contributed by atoms with Crippen molar-refractivity contribution in [2.75, 3.05) is 33.5 Å². The van der Waals surface area contributed by atoms with E-state index in [9.17, 15) is 40.5 Å². The first-order valence-corrected chi connectivity index (χ1v) is 27.5. The van der Waals surface area contributed by atoms with E-state index in [1.807, 2.05) is 0 Å². The number of hydrogen-bond donors (Lipinski definition) is 8. The molecule has 0 radical (unpaired) electrons. The Labute approximate surface area is 434 Å². The van der Waals surface area contributed by atoms with Crippen LogP contribution in [0.4, 0.5) is 0 Å². The smallest absolute Gasteiger partial charge is 0.251 e. The molecular formula is C55H83NO18. The highest BCUT2D eigenvalue weighted by Gasteiger charge is 2.69. The Hall–Kier alpha value is -2.41. The van der Waals surface area contributed by atoms with Crippen molar-refractivity contribution in [3.8, 4) is 5.75 Å². The van der Waals surface area contributed by atoms with Gasteiger partial charge < -0.3 is 88.4 Å². The maximum Gasteiger partial charge on any atom is 0.251 e. The van der Waals surface area contributed by atoms with E-state index in [0.29, 0.717) is 59.7 Å². The number of allylic oxidation sites excluding steroid dienone is 1. The van der Waals surface area contributed by atoms with Crippen LogP contribution in [-0.4, -0.2) is 185 Å². The van der Waals surface area contributed by atoms with Crippen LogP contribution in [0.25, 0.3) is 0 Å². The van der Waals surface area contributed by atoms with Gasteiger partial charge in [0.05, 0.1) is 51.3 Å². The SMILES string of the molecule is COc1ccc(C(=O)NCCO[C@H]2[C@H](O)[C@H](O)[C@@H](O[C@H]3[C@H](O)[C@@H](O[C@H]4O[C@H](C)[C@@H](O)[C@H](O)[C@@H]4O)[C@H](O[C@H]4CC[C@@]5(C)C(=CC[C@H]6C7C[C@@H]8O[C@]9(CC[C@H](C)CO9)[C@@H](C)[C@@H]8[C@@]7(C)CC[C@@H]65)C4)O[C@@H]3CO)O[C@@H]2C)cc1. The molecule has 0 aromatic heterocycles. The summed E-state index contributed by atoms with van der Waals surface area (Å²) in [6.07, 6.45) is -10.3. The third-order valence-electron chi connectivity index (χ3n) is 19.7. The summed E-state index contributed by atoms with van der Waals surface area (Å²) in [6, 6.07) is 6.59. The summed E-state index contributed by atoms with van der Waals surface area (Å²) in [4.78, 5) is 12.7. The molecular weight excluding hydrogens is 963 g/mol. The van der Waals surface area contributed by atoms with Crippen molar-refractivity contribution in [2.24, 2.45) is 46.3 Å². The second-order valence-electron chi connectivity index (χ2n) is 23.9. The lowest BCUT2D eigenvalue weighted by atomic mass is 9.47. The number of rotatable bonds is 13. The largest absolute Gasteiger partial charge is 0.497 e. The van der Waals surface area contributed by atoms with Gasteiger partial charge in [-0.25, -0.2) is 0 Å². The summed E-state index contributed by atoms with van der Waals surface area (Å²) < 4.78 is 62.2. The van der Waals surface area contributed by atoms with Crippen LogP contribution in [0.5, 0.6) is 5.75 Å². The van der Waals surface area contributed by atoms with E-state index in [4.69, 9.17) is 47.4 Å². The molecule has 1 aromatic rings. The normalized spacial score (nSPS) is 50.0. The van der Waals surface area contributed by atoms with Crippen molar-refractivity contribution in [1.82, 2.24) is 5.32 Å². The van der Waals surface area contributed by atoms with E-state index in [-0.39, 0.29) is 42.1 Å². The van der Waals surface area contributed by atoms with Crippen LogP contribution in [-0.2, 0) is 42.6 Å². The number of amides is 1. The molecule has 8 N–H and O–H groups in total. The highest BCUT2D eigenvalue weighted by atomic mass is 16.8. The van der Waals surface area contributed by atoms with E-state index >= 15 is 0 Å². The minimum Gasteiger partial charge on any atom is -0.497 e. The first-order valence-electron chi connectivity index (χ1n) is 27.5. The molecule has 1 aromatic carbocycles. The summed E-state index contributed by atoms with van der Waals surface area (Å²) in [6.45, 7) is 12.9. The molecule has 1 unspecified atom stereocenters. The highest BCUT2D eigenvalue weighted by molar-refractivity contribution is 5.94. The fraction of sp³-hybridized carbons (Fsp3) is 0.836. The molecule has 74 heavy (non-hydrogen) atoms. The predicted molar refractivity (Wildman–Crippen MR) is 262 cm³/mol. The van der Waals surface area contributed by atoms with Gasteiger partial charge in [-0.05, 0) is 130 Å². The number of hydrogen-bond acceptors (Lipinski definition) is 18. The van der Waals surface area contributed by atoms with Gasteiger partial charge >= 0.3 is 0 Å². The Morgan fingerprint density at radius 1 is 0.757 bits per heavy atom. The molecule has 26 atom stereocenters. The van der Waals surface area contributed by atoms with Crippen LogP contribution >= 0.6 is 0 Å². The number of methoxy groups -OCH3 is 1. The molecule has 1 spiro atoms. The second kappa shape index (κ2) is 21.7. The molecule has 3 saturated carbocycles. The van der Waals surface area contributed by atoms with Crippen molar-refractivity contribution in [2.45, 2.75) is 209 Å². The van der Waals surface area contributed by atoms with Crippen molar-refractivity contribution in [3.63, 3.8) is 0 Å². The van der Waals surface area contributed by atoms with Crippen LogP contribution < -0.4 is 10.1 Å². The molecule has 19 heteroatoms. The zero-order valence-electron chi connectivity index (χ0n) is 44.0. The lowest BCUT2D eigenvalue weighted by Crippen LogP contribution is -2.66. The van der Waals surface area contributed by atoms with Gasteiger partial charge in [0.15, 0.2) is 24.7 Å². The fourth-order valence-corrected chi connectivity index (χ4v) is 15.4. The quantitative estimate of drug-likeness (QED) is 0.104. The Balaban J connectivity index is 0.802. The van der Waals surface area contributed by atoms with Crippen LogP contribution in [0.15, 0.2) is 35.9 Å². The van der Waals surface area contributed by atoms with E-state index in [1.165, 1.54) is 19.6 Å². The summed E-state index contributed by atoms with van der Waals surface area (Å²) in [5.41, 5.74) is 1.90. The molecule has 5 aliphatic heterocycles. The monoisotopic (exact) mass is 1050 g/mol. The van der Waals surface area contributed by atoms with E-state index in [1.54, 1.807) is 31.2 Å². The third-order valence-corrected chi connectivity index (χ3v) is 19.7. The number of nitrogens with one attached hydrogen (secondary N) is 1. The molecule has 5 heterocycles. The lowest BCUT2D eigenvalue weighted by molar-refractivity contribution is -0.389. The maximum absolute atomic E-state index is 12.7.